The molecule has 1 aliphatic heterocycles. The summed E-state index contributed by atoms with van der Waals surface area (Å²) in [6, 6.07) is 5.22. The lowest BCUT2D eigenvalue weighted by Gasteiger charge is -2.26. The molecule has 1 saturated heterocycles. The molecule has 1 aliphatic rings. The minimum atomic E-state index is -2.99. The molecular formula is C15H20N4O3S. The third-order valence-corrected chi connectivity index (χ3v) is 5.54. The fraction of sp³-hybridized carbons (Fsp3) is 0.467. The van der Waals surface area contributed by atoms with Gasteiger partial charge in [-0.15, -0.1) is 0 Å². The molecular weight excluding hydrogens is 316 g/mol. The van der Waals surface area contributed by atoms with Crippen LogP contribution in [0, 0.1) is 0 Å². The first-order valence-electron chi connectivity index (χ1n) is 7.60. The molecule has 0 unspecified atom stereocenters. The van der Waals surface area contributed by atoms with E-state index >= 15 is 0 Å². The Morgan fingerprint density at radius 3 is 2.65 bits per heavy atom. The number of H-pyrrole nitrogens is 1. The second-order valence-corrected chi connectivity index (χ2v) is 8.38. The van der Waals surface area contributed by atoms with Gasteiger partial charge in [-0.25, -0.2) is 18.2 Å². The molecule has 0 bridgehead atoms. The van der Waals surface area contributed by atoms with E-state index in [1.165, 1.54) is 4.90 Å². The van der Waals surface area contributed by atoms with Crippen LogP contribution in [0.3, 0.4) is 0 Å². The number of imidazole rings is 1. The van der Waals surface area contributed by atoms with Crippen molar-refractivity contribution in [2.75, 3.05) is 29.9 Å². The standard InChI is InChI=1S/C15H20N4O3S/c1-10(2)14-17-12-4-3-11(9-13(12)18-14)16-15(20)19-5-7-23(21,22)8-6-19/h3-4,9-10H,5-8H2,1-2H3,(H,16,20)(H,17,18). The quantitative estimate of drug-likeness (QED) is 0.876. The number of rotatable bonds is 2. The second kappa shape index (κ2) is 5.84. The molecule has 3 rings (SSSR count). The Kier molecular flexibility index (Phi) is 4.01. The highest BCUT2D eigenvalue weighted by molar-refractivity contribution is 7.91. The largest absolute Gasteiger partial charge is 0.342 e. The average Bonchev–Trinajstić information content (AvgIpc) is 2.90. The first-order valence-corrected chi connectivity index (χ1v) is 9.42. The molecule has 1 aromatic carbocycles. The van der Waals surface area contributed by atoms with Crippen LogP contribution >= 0.6 is 0 Å². The molecule has 7 nitrogen and oxygen atoms in total. The summed E-state index contributed by atoms with van der Waals surface area (Å²) in [4.78, 5) is 21.5. The van der Waals surface area contributed by atoms with Gasteiger partial charge in [0.25, 0.3) is 0 Å². The number of hydrogen-bond acceptors (Lipinski definition) is 4. The van der Waals surface area contributed by atoms with Gasteiger partial charge in [0.1, 0.15) is 5.82 Å². The monoisotopic (exact) mass is 336 g/mol. The van der Waals surface area contributed by atoms with Crippen molar-refractivity contribution in [3.8, 4) is 0 Å². The Morgan fingerprint density at radius 1 is 1.30 bits per heavy atom. The van der Waals surface area contributed by atoms with Gasteiger partial charge in [0.2, 0.25) is 0 Å². The number of aromatic nitrogens is 2. The van der Waals surface area contributed by atoms with Crippen LogP contribution in [0.15, 0.2) is 18.2 Å². The third kappa shape index (κ3) is 3.47. The maximum absolute atomic E-state index is 12.2. The van der Waals surface area contributed by atoms with E-state index in [1.54, 1.807) is 6.07 Å². The number of sulfone groups is 1. The van der Waals surface area contributed by atoms with Crippen molar-refractivity contribution < 1.29 is 13.2 Å². The van der Waals surface area contributed by atoms with Crippen LogP contribution in [-0.2, 0) is 9.84 Å². The second-order valence-electron chi connectivity index (χ2n) is 6.08. The first kappa shape index (κ1) is 15.8. The summed E-state index contributed by atoms with van der Waals surface area (Å²) in [6.07, 6.45) is 0. The fourth-order valence-electron chi connectivity index (χ4n) is 2.50. The summed E-state index contributed by atoms with van der Waals surface area (Å²) in [5.41, 5.74) is 2.39. The van der Waals surface area contributed by atoms with Crippen LogP contribution in [0.4, 0.5) is 10.5 Å². The Bertz CT molecular complexity index is 828. The summed E-state index contributed by atoms with van der Waals surface area (Å²) in [6.45, 7) is 4.59. The molecule has 1 fully saturated rings. The molecule has 0 spiro atoms. The van der Waals surface area contributed by atoms with E-state index in [0.29, 0.717) is 11.6 Å². The highest BCUT2D eigenvalue weighted by Gasteiger charge is 2.25. The Balaban J connectivity index is 1.72. The third-order valence-electron chi connectivity index (χ3n) is 3.93. The predicted octanol–water partition coefficient (Wildman–Crippen LogP) is 1.95. The highest BCUT2D eigenvalue weighted by atomic mass is 32.2. The average molecular weight is 336 g/mol. The number of urea groups is 1. The Hall–Kier alpha value is -2.09. The van der Waals surface area contributed by atoms with E-state index in [9.17, 15) is 13.2 Å². The van der Waals surface area contributed by atoms with Crippen LogP contribution in [0.2, 0.25) is 0 Å². The molecule has 2 N–H and O–H groups in total. The number of aromatic amines is 1. The highest BCUT2D eigenvalue weighted by Crippen LogP contribution is 2.21. The van der Waals surface area contributed by atoms with E-state index in [-0.39, 0.29) is 30.6 Å². The fourth-order valence-corrected chi connectivity index (χ4v) is 3.70. The SMILES string of the molecule is CC(C)c1nc2ccc(NC(=O)N3CCS(=O)(=O)CC3)cc2[nH]1. The molecule has 0 saturated carbocycles. The van der Waals surface area contributed by atoms with Gasteiger partial charge in [-0.2, -0.15) is 0 Å². The minimum absolute atomic E-state index is 0.0255. The predicted molar refractivity (Wildman–Crippen MR) is 89.4 cm³/mol. The van der Waals surface area contributed by atoms with Crippen molar-refractivity contribution in [1.82, 2.24) is 14.9 Å². The molecule has 8 heteroatoms. The molecule has 2 amide bonds. The maximum Gasteiger partial charge on any atom is 0.321 e. The lowest BCUT2D eigenvalue weighted by Crippen LogP contribution is -2.45. The van der Waals surface area contributed by atoms with Crippen molar-refractivity contribution >= 4 is 32.6 Å². The van der Waals surface area contributed by atoms with Gasteiger partial charge < -0.3 is 15.2 Å². The van der Waals surface area contributed by atoms with Crippen molar-refractivity contribution in [2.24, 2.45) is 0 Å². The molecule has 1 aromatic heterocycles. The number of benzene rings is 1. The minimum Gasteiger partial charge on any atom is -0.342 e. The Morgan fingerprint density at radius 2 is 2.00 bits per heavy atom. The first-order chi connectivity index (χ1) is 10.8. The van der Waals surface area contributed by atoms with Gasteiger partial charge in [0.05, 0.1) is 22.5 Å². The van der Waals surface area contributed by atoms with E-state index in [1.807, 2.05) is 12.1 Å². The number of fused-ring (bicyclic) bond motifs is 1. The number of nitrogens with one attached hydrogen (secondary N) is 2. The molecule has 23 heavy (non-hydrogen) atoms. The van der Waals surface area contributed by atoms with Crippen molar-refractivity contribution in [1.29, 1.82) is 0 Å². The van der Waals surface area contributed by atoms with Gasteiger partial charge in [0.15, 0.2) is 9.84 Å². The molecule has 0 radical (unpaired) electrons. The van der Waals surface area contributed by atoms with Crippen molar-refractivity contribution in [3.63, 3.8) is 0 Å². The van der Waals surface area contributed by atoms with Gasteiger partial charge in [0, 0.05) is 24.7 Å². The Labute approximate surface area is 135 Å². The zero-order valence-corrected chi connectivity index (χ0v) is 14.0. The van der Waals surface area contributed by atoms with Gasteiger partial charge in [-0.05, 0) is 18.2 Å². The molecule has 2 aromatic rings. The zero-order chi connectivity index (χ0) is 16.6. The lowest BCUT2D eigenvalue weighted by atomic mass is 10.2. The molecule has 124 valence electrons. The van der Waals surface area contributed by atoms with Crippen LogP contribution in [-0.4, -0.2) is 53.9 Å². The number of carbonyl (C=O) groups is 1. The van der Waals surface area contributed by atoms with Gasteiger partial charge in [-0.3, -0.25) is 0 Å². The summed E-state index contributed by atoms with van der Waals surface area (Å²) < 4.78 is 22.8. The summed E-state index contributed by atoms with van der Waals surface area (Å²) >= 11 is 0. The normalized spacial score (nSPS) is 17.6. The molecule has 2 heterocycles. The van der Waals surface area contributed by atoms with Crippen LogP contribution in [0.1, 0.15) is 25.6 Å². The van der Waals surface area contributed by atoms with Gasteiger partial charge >= 0.3 is 6.03 Å². The summed E-state index contributed by atoms with van der Waals surface area (Å²) in [5.74, 6) is 1.26. The molecule has 0 aliphatic carbocycles. The lowest BCUT2D eigenvalue weighted by molar-refractivity contribution is 0.216. The van der Waals surface area contributed by atoms with Crippen molar-refractivity contribution in [2.45, 2.75) is 19.8 Å². The number of amides is 2. The number of nitrogens with zero attached hydrogens (tertiary/aromatic N) is 2. The smallest absolute Gasteiger partial charge is 0.321 e. The maximum atomic E-state index is 12.2. The topological polar surface area (TPSA) is 95.2 Å². The van der Waals surface area contributed by atoms with E-state index < -0.39 is 9.84 Å². The number of carbonyl (C=O) groups excluding carboxylic acids is 1. The van der Waals surface area contributed by atoms with Crippen LogP contribution in [0.25, 0.3) is 11.0 Å². The summed E-state index contributed by atoms with van der Waals surface area (Å²) in [5, 5.41) is 2.81. The summed E-state index contributed by atoms with van der Waals surface area (Å²) in [7, 11) is -2.99. The van der Waals surface area contributed by atoms with Crippen LogP contribution < -0.4 is 5.32 Å². The van der Waals surface area contributed by atoms with Crippen LogP contribution in [0.5, 0.6) is 0 Å². The number of anilines is 1. The van der Waals surface area contributed by atoms with E-state index in [4.69, 9.17) is 0 Å². The molecule has 0 atom stereocenters. The zero-order valence-electron chi connectivity index (χ0n) is 13.2. The van der Waals surface area contributed by atoms with E-state index in [2.05, 4.69) is 29.1 Å². The van der Waals surface area contributed by atoms with Gasteiger partial charge in [-0.1, -0.05) is 13.8 Å². The number of hydrogen-bond donors (Lipinski definition) is 2. The van der Waals surface area contributed by atoms with Crippen molar-refractivity contribution in [3.05, 3.63) is 24.0 Å². The van der Waals surface area contributed by atoms with E-state index in [0.717, 1.165) is 16.9 Å².